The summed E-state index contributed by atoms with van der Waals surface area (Å²) in [4.78, 5) is 28.4. The molecule has 3 aromatic rings. The number of hydrogen-bond acceptors (Lipinski definition) is 4. The van der Waals surface area contributed by atoms with E-state index in [4.69, 9.17) is 23.2 Å². The van der Waals surface area contributed by atoms with Crippen LogP contribution in [0.4, 0.5) is 5.69 Å². The summed E-state index contributed by atoms with van der Waals surface area (Å²) >= 11 is 12.3. The van der Waals surface area contributed by atoms with Crippen molar-refractivity contribution in [3.63, 3.8) is 0 Å². The van der Waals surface area contributed by atoms with E-state index in [1.165, 1.54) is 16.3 Å². The van der Waals surface area contributed by atoms with E-state index in [0.717, 1.165) is 28.5 Å². The molecular formula is C30H35Cl2N3O4S. The van der Waals surface area contributed by atoms with Gasteiger partial charge in [0.2, 0.25) is 21.8 Å². The number of aryl methyl sites for hydroxylation is 2. The lowest BCUT2D eigenvalue weighted by Crippen LogP contribution is -2.49. The predicted molar refractivity (Wildman–Crippen MR) is 162 cm³/mol. The molecule has 0 saturated carbocycles. The summed E-state index contributed by atoms with van der Waals surface area (Å²) < 4.78 is 26.6. The second-order valence-electron chi connectivity index (χ2n) is 9.87. The first-order chi connectivity index (χ1) is 18.9. The number of hydrogen-bond donors (Lipinski definition) is 1. The molecule has 0 saturated heterocycles. The SMILES string of the molecule is CNC(=O)C(Cc1ccccc1)N(Cc1ccc(Cl)c(Cl)c1)C(=O)CCCN(c1cc(C)cc(C)c1)S(C)(=O)=O. The zero-order valence-electron chi connectivity index (χ0n) is 23.2. The Morgan fingerprint density at radius 3 is 2.12 bits per heavy atom. The fourth-order valence-corrected chi connectivity index (χ4v) is 5.92. The van der Waals surface area contributed by atoms with E-state index in [1.807, 2.05) is 62.4 Å². The number of halogens is 2. The highest BCUT2D eigenvalue weighted by atomic mass is 35.5. The van der Waals surface area contributed by atoms with Gasteiger partial charge in [-0.1, -0.05) is 65.7 Å². The summed E-state index contributed by atoms with van der Waals surface area (Å²) in [6.45, 7) is 4.07. The van der Waals surface area contributed by atoms with Gasteiger partial charge in [0.1, 0.15) is 6.04 Å². The molecule has 7 nitrogen and oxygen atoms in total. The topological polar surface area (TPSA) is 86.8 Å². The van der Waals surface area contributed by atoms with Gasteiger partial charge in [-0.15, -0.1) is 0 Å². The van der Waals surface area contributed by atoms with Crippen LogP contribution in [0, 0.1) is 13.8 Å². The minimum absolute atomic E-state index is 0.0421. The van der Waals surface area contributed by atoms with Gasteiger partial charge in [-0.3, -0.25) is 13.9 Å². The van der Waals surface area contributed by atoms with Gasteiger partial charge in [-0.2, -0.15) is 0 Å². The zero-order chi connectivity index (χ0) is 29.4. The van der Waals surface area contributed by atoms with Crippen LogP contribution in [-0.4, -0.2) is 51.0 Å². The summed E-state index contributed by atoms with van der Waals surface area (Å²) in [6.07, 6.45) is 1.78. The third-order valence-corrected chi connectivity index (χ3v) is 8.43. The maximum absolute atomic E-state index is 13.7. The summed E-state index contributed by atoms with van der Waals surface area (Å²) in [5.74, 6) is -0.574. The molecule has 3 rings (SSSR count). The highest BCUT2D eigenvalue weighted by Crippen LogP contribution is 2.25. The molecule has 0 aliphatic heterocycles. The van der Waals surface area contributed by atoms with Crippen LogP contribution in [0.25, 0.3) is 0 Å². The van der Waals surface area contributed by atoms with E-state index in [2.05, 4.69) is 5.32 Å². The van der Waals surface area contributed by atoms with E-state index in [9.17, 15) is 18.0 Å². The standard InChI is InChI=1S/C30H35Cl2N3O4S/c1-21-15-22(2)17-25(16-21)35(40(4,38)39)14-8-11-29(36)34(20-24-12-13-26(31)27(32)18-24)28(30(37)33-3)19-23-9-6-5-7-10-23/h5-7,9-10,12-13,15-18,28H,8,11,14,19-20H2,1-4H3,(H,33,37). The lowest BCUT2D eigenvalue weighted by Gasteiger charge is -2.31. The molecule has 2 amide bonds. The van der Waals surface area contributed by atoms with Crippen molar-refractivity contribution in [1.29, 1.82) is 0 Å². The third-order valence-electron chi connectivity index (χ3n) is 6.50. The van der Waals surface area contributed by atoms with Gasteiger partial charge in [-0.05, 0) is 66.8 Å². The van der Waals surface area contributed by atoms with Crippen LogP contribution in [0.1, 0.15) is 35.1 Å². The number of carbonyl (C=O) groups is 2. The number of likely N-dealkylation sites (N-methyl/N-ethyl adjacent to an activating group) is 1. The van der Waals surface area contributed by atoms with Crippen molar-refractivity contribution in [2.45, 2.75) is 45.7 Å². The number of nitrogens with zero attached hydrogens (tertiary/aromatic N) is 2. The summed E-state index contributed by atoms with van der Waals surface area (Å²) in [5.41, 5.74) is 4.08. The van der Waals surface area contributed by atoms with Gasteiger partial charge in [0.05, 0.1) is 22.0 Å². The van der Waals surface area contributed by atoms with Crippen molar-refractivity contribution in [2.24, 2.45) is 0 Å². The molecule has 0 radical (unpaired) electrons. The summed E-state index contributed by atoms with van der Waals surface area (Å²) in [6, 6.07) is 19.4. The van der Waals surface area contributed by atoms with Gasteiger partial charge < -0.3 is 10.2 Å². The number of benzene rings is 3. The molecule has 1 unspecified atom stereocenters. The van der Waals surface area contributed by atoms with Gasteiger partial charge in [-0.25, -0.2) is 8.42 Å². The fraction of sp³-hybridized carbons (Fsp3) is 0.333. The van der Waals surface area contributed by atoms with Gasteiger partial charge in [0.15, 0.2) is 0 Å². The molecule has 3 aromatic carbocycles. The van der Waals surface area contributed by atoms with Crippen molar-refractivity contribution < 1.29 is 18.0 Å². The van der Waals surface area contributed by atoms with Crippen LogP contribution < -0.4 is 9.62 Å². The summed E-state index contributed by atoms with van der Waals surface area (Å²) in [7, 11) is -2.05. The zero-order valence-corrected chi connectivity index (χ0v) is 25.5. The number of anilines is 1. The molecule has 0 bridgehead atoms. The number of amides is 2. The molecule has 0 fully saturated rings. The Kier molecular flexibility index (Phi) is 11.0. The molecular weight excluding hydrogens is 569 g/mol. The maximum Gasteiger partial charge on any atom is 0.242 e. The second kappa shape index (κ2) is 14.0. The monoisotopic (exact) mass is 603 g/mol. The van der Waals surface area contributed by atoms with Gasteiger partial charge >= 0.3 is 0 Å². The predicted octanol–water partition coefficient (Wildman–Crippen LogP) is 5.54. The molecule has 0 spiro atoms. The molecule has 0 aliphatic rings. The molecule has 0 aliphatic carbocycles. The Hall–Kier alpha value is -3.07. The van der Waals surface area contributed by atoms with Crippen molar-refractivity contribution >= 4 is 50.7 Å². The smallest absolute Gasteiger partial charge is 0.242 e. The maximum atomic E-state index is 13.7. The molecule has 40 heavy (non-hydrogen) atoms. The Morgan fingerprint density at radius 2 is 1.55 bits per heavy atom. The van der Waals surface area contributed by atoms with Crippen LogP contribution in [0.3, 0.4) is 0 Å². The number of carbonyl (C=O) groups excluding carboxylic acids is 2. The minimum Gasteiger partial charge on any atom is -0.357 e. The molecule has 10 heteroatoms. The summed E-state index contributed by atoms with van der Waals surface area (Å²) in [5, 5.41) is 3.43. The fourth-order valence-electron chi connectivity index (χ4n) is 4.65. The minimum atomic E-state index is -3.58. The van der Waals surface area contributed by atoms with Gasteiger partial charge in [0.25, 0.3) is 0 Å². The highest BCUT2D eigenvalue weighted by molar-refractivity contribution is 7.92. The van der Waals surface area contributed by atoms with Crippen molar-refractivity contribution in [2.75, 3.05) is 24.2 Å². The Bertz CT molecular complexity index is 1430. The van der Waals surface area contributed by atoms with E-state index < -0.39 is 16.1 Å². The average molecular weight is 605 g/mol. The lowest BCUT2D eigenvalue weighted by molar-refractivity contribution is -0.141. The van der Waals surface area contributed by atoms with E-state index in [1.54, 1.807) is 18.2 Å². The molecule has 1 N–H and O–H groups in total. The third kappa shape index (κ3) is 8.71. The Morgan fingerprint density at radius 1 is 0.900 bits per heavy atom. The molecule has 0 heterocycles. The lowest BCUT2D eigenvalue weighted by atomic mass is 10.0. The van der Waals surface area contributed by atoms with E-state index >= 15 is 0 Å². The van der Waals surface area contributed by atoms with E-state index in [-0.39, 0.29) is 37.7 Å². The number of rotatable bonds is 12. The largest absolute Gasteiger partial charge is 0.357 e. The van der Waals surface area contributed by atoms with Crippen LogP contribution >= 0.6 is 23.2 Å². The van der Waals surface area contributed by atoms with Crippen molar-refractivity contribution in [3.05, 3.63) is 99.0 Å². The average Bonchev–Trinajstić information content (AvgIpc) is 2.89. The quantitative estimate of drug-likeness (QED) is 0.294. The van der Waals surface area contributed by atoms with Crippen LogP contribution in [0.5, 0.6) is 0 Å². The van der Waals surface area contributed by atoms with Crippen LogP contribution in [-0.2, 0) is 32.6 Å². The first kappa shape index (κ1) is 31.5. The van der Waals surface area contributed by atoms with Crippen molar-refractivity contribution in [1.82, 2.24) is 10.2 Å². The van der Waals surface area contributed by atoms with Crippen LogP contribution in [0.15, 0.2) is 66.7 Å². The highest BCUT2D eigenvalue weighted by Gasteiger charge is 2.30. The van der Waals surface area contributed by atoms with E-state index in [0.29, 0.717) is 22.2 Å². The second-order valence-corrected chi connectivity index (χ2v) is 12.6. The normalized spacial score (nSPS) is 12.1. The molecule has 1 atom stereocenters. The first-order valence-corrected chi connectivity index (χ1v) is 15.5. The van der Waals surface area contributed by atoms with Crippen molar-refractivity contribution in [3.8, 4) is 0 Å². The molecule has 0 aromatic heterocycles. The number of sulfonamides is 1. The molecule has 214 valence electrons. The Balaban J connectivity index is 1.88. The van der Waals surface area contributed by atoms with Gasteiger partial charge in [0, 0.05) is 33.0 Å². The first-order valence-electron chi connectivity index (χ1n) is 12.9. The number of nitrogens with one attached hydrogen (secondary N) is 1. The van der Waals surface area contributed by atoms with Crippen LogP contribution in [0.2, 0.25) is 10.0 Å². The Labute approximate surface area is 247 Å².